The average molecular weight is 391 g/mol. The number of halogens is 2. The molecule has 0 radical (unpaired) electrons. The van der Waals surface area contributed by atoms with Crippen molar-refractivity contribution in [3.05, 3.63) is 50.9 Å². The Bertz CT molecular complexity index is 985. The zero-order valence-electron chi connectivity index (χ0n) is 14.8. The molecule has 1 saturated carbocycles. The molecule has 0 N–H and O–H groups in total. The quantitative estimate of drug-likeness (QED) is 0.808. The largest absolute Gasteiger partial charge is 0.346 e. The van der Waals surface area contributed by atoms with Crippen molar-refractivity contribution >= 4 is 17.5 Å². The van der Waals surface area contributed by atoms with Crippen LogP contribution in [-0.2, 0) is 17.8 Å². The molecule has 3 unspecified atom stereocenters. The van der Waals surface area contributed by atoms with Crippen LogP contribution in [0.3, 0.4) is 0 Å². The molecule has 0 spiro atoms. The molecule has 142 valence electrons. The maximum absolute atomic E-state index is 13.4. The number of rotatable bonds is 3. The normalized spacial score (nSPS) is 26.0. The van der Waals surface area contributed by atoms with E-state index in [1.807, 2.05) is 4.90 Å². The average Bonchev–Trinajstić information content (AvgIpc) is 3.20. The van der Waals surface area contributed by atoms with E-state index in [4.69, 9.17) is 11.6 Å². The lowest BCUT2D eigenvalue weighted by Crippen LogP contribution is -2.42. The Labute approximate surface area is 160 Å². The Morgan fingerprint density at radius 1 is 1.33 bits per heavy atom. The highest BCUT2D eigenvalue weighted by molar-refractivity contribution is 6.30. The van der Waals surface area contributed by atoms with E-state index in [1.54, 1.807) is 10.6 Å². The molecule has 27 heavy (non-hydrogen) atoms. The number of aryl methyl sites for hydroxylation is 1. The molecule has 6 nitrogen and oxygen atoms in total. The summed E-state index contributed by atoms with van der Waals surface area (Å²) in [4.78, 5) is 28.0. The van der Waals surface area contributed by atoms with Crippen molar-refractivity contribution in [3.8, 4) is 0 Å². The van der Waals surface area contributed by atoms with Gasteiger partial charge in [-0.3, -0.25) is 9.36 Å². The summed E-state index contributed by atoms with van der Waals surface area (Å²) in [5, 5.41) is 4.47. The first-order valence-corrected chi connectivity index (χ1v) is 9.83. The number of hydrogen-bond acceptors (Lipinski definition) is 3. The molecule has 2 aliphatic heterocycles. The minimum atomic E-state index is -0.494. The van der Waals surface area contributed by atoms with Gasteiger partial charge in [0.15, 0.2) is 0 Å². The predicted molar refractivity (Wildman–Crippen MR) is 97.2 cm³/mol. The molecular formula is C19H20ClFN4O2. The summed E-state index contributed by atoms with van der Waals surface area (Å²) >= 11 is 5.84. The number of carbonyl (C=O) groups is 1. The van der Waals surface area contributed by atoms with Crippen molar-refractivity contribution in [1.82, 2.24) is 19.2 Å². The molecule has 1 aromatic carbocycles. The van der Waals surface area contributed by atoms with Gasteiger partial charge < -0.3 is 4.90 Å². The maximum Gasteiger partial charge on any atom is 0.346 e. The van der Waals surface area contributed by atoms with Crippen LogP contribution in [0.1, 0.15) is 43.1 Å². The van der Waals surface area contributed by atoms with Crippen LogP contribution in [0, 0.1) is 11.7 Å². The minimum absolute atomic E-state index is 0.0191. The fourth-order valence-electron chi connectivity index (χ4n) is 4.54. The van der Waals surface area contributed by atoms with E-state index in [0.29, 0.717) is 36.2 Å². The van der Waals surface area contributed by atoms with Crippen LogP contribution in [0.2, 0.25) is 5.02 Å². The standard InChI is InChI=1S/C19H20ClFN4O2/c20-13-8-11(4-5-14(13)21)10-24-19(27)25-15(2-1-3-17(25)22-24)18(26)23-7-6-12-9-16(12)23/h4-5,8,12,15-16H,1-3,6-7,9-10H2. The SMILES string of the molecule is O=C(C1CCCc2nn(Cc3ccc(F)c(Cl)c3)c(=O)n21)N1CCC2CC21. The summed E-state index contributed by atoms with van der Waals surface area (Å²) in [5.74, 6) is 0.892. The van der Waals surface area contributed by atoms with Gasteiger partial charge in [-0.05, 0) is 49.3 Å². The van der Waals surface area contributed by atoms with E-state index < -0.39 is 11.9 Å². The third-order valence-corrected chi connectivity index (χ3v) is 6.33. The number of benzene rings is 1. The predicted octanol–water partition coefficient (Wildman–Crippen LogP) is 2.38. The van der Waals surface area contributed by atoms with Crippen LogP contribution in [0.15, 0.2) is 23.0 Å². The fourth-order valence-corrected chi connectivity index (χ4v) is 4.74. The summed E-state index contributed by atoms with van der Waals surface area (Å²) in [6.45, 7) is 1.01. The Balaban J connectivity index is 1.45. The molecule has 2 aromatic rings. The Morgan fingerprint density at radius 3 is 2.89 bits per heavy atom. The van der Waals surface area contributed by atoms with Crippen LogP contribution in [0.5, 0.6) is 0 Å². The molecule has 1 saturated heterocycles. The number of nitrogens with zero attached hydrogens (tertiary/aromatic N) is 4. The lowest BCUT2D eigenvalue weighted by molar-refractivity contribution is -0.135. The molecule has 0 bridgehead atoms. The number of aromatic nitrogens is 3. The highest BCUT2D eigenvalue weighted by atomic mass is 35.5. The van der Waals surface area contributed by atoms with Gasteiger partial charge in [-0.1, -0.05) is 17.7 Å². The van der Waals surface area contributed by atoms with Crippen LogP contribution in [-0.4, -0.2) is 37.7 Å². The van der Waals surface area contributed by atoms with Crippen molar-refractivity contribution in [2.24, 2.45) is 5.92 Å². The van der Waals surface area contributed by atoms with Crippen LogP contribution < -0.4 is 5.69 Å². The molecule has 2 fully saturated rings. The topological polar surface area (TPSA) is 60.1 Å². The second kappa shape index (κ2) is 6.19. The first-order chi connectivity index (χ1) is 13.0. The van der Waals surface area contributed by atoms with Crippen molar-refractivity contribution in [1.29, 1.82) is 0 Å². The van der Waals surface area contributed by atoms with E-state index in [0.717, 1.165) is 25.8 Å². The monoisotopic (exact) mass is 390 g/mol. The van der Waals surface area contributed by atoms with Crippen molar-refractivity contribution in [2.75, 3.05) is 6.54 Å². The van der Waals surface area contributed by atoms with Gasteiger partial charge in [-0.25, -0.2) is 13.9 Å². The smallest absolute Gasteiger partial charge is 0.338 e. The molecule has 3 aliphatic rings. The third-order valence-electron chi connectivity index (χ3n) is 6.04. The number of fused-ring (bicyclic) bond motifs is 2. The van der Waals surface area contributed by atoms with Gasteiger partial charge in [0.05, 0.1) is 11.6 Å². The third kappa shape index (κ3) is 2.79. The van der Waals surface area contributed by atoms with Crippen molar-refractivity contribution < 1.29 is 9.18 Å². The van der Waals surface area contributed by atoms with E-state index >= 15 is 0 Å². The van der Waals surface area contributed by atoms with Gasteiger partial charge in [0.25, 0.3) is 0 Å². The number of likely N-dealkylation sites (tertiary alicyclic amines) is 1. The summed E-state index contributed by atoms with van der Waals surface area (Å²) in [5.41, 5.74) is 0.414. The molecule has 3 heterocycles. The lowest BCUT2D eigenvalue weighted by atomic mass is 10.0. The zero-order chi connectivity index (χ0) is 18.7. The maximum atomic E-state index is 13.4. The number of amides is 1. The summed E-state index contributed by atoms with van der Waals surface area (Å²) in [6.07, 6.45) is 4.38. The first-order valence-electron chi connectivity index (χ1n) is 9.45. The Kier molecular flexibility index (Phi) is 3.89. The van der Waals surface area contributed by atoms with Crippen molar-refractivity contribution in [2.45, 2.75) is 50.7 Å². The minimum Gasteiger partial charge on any atom is -0.338 e. The van der Waals surface area contributed by atoms with E-state index in [-0.39, 0.29) is 23.2 Å². The van der Waals surface area contributed by atoms with Gasteiger partial charge in [-0.15, -0.1) is 0 Å². The Morgan fingerprint density at radius 2 is 2.19 bits per heavy atom. The molecule has 5 rings (SSSR count). The molecule has 8 heteroatoms. The van der Waals surface area contributed by atoms with E-state index in [2.05, 4.69) is 5.10 Å². The molecule has 1 aliphatic carbocycles. The number of carbonyl (C=O) groups excluding carboxylic acids is 1. The van der Waals surface area contributed by atoms with Gasteiger partial charge in [0.1, 0.15) is 17.7 Å². The van der Waals surface area contributed by atoms with E-state index in [9.17, 15) is 14.0 Å². The lowest BCUT2D eigenvalue weighted by Gasteiger charge is -2.28. The highest BCUT2D eigenvalue weighted by Gasteiger charge is 2.50. The Hall–Kier alpha value is -2.15. The summed E-state index contributed by atoms with van der Waals surface area (Å²) in [6, 6.07) is 4.30. The summed E-state index contributed by atoms with van der Waals surface area (Å²) < 4.78 is 16.3. The molecule has 1 aromatic heterocycles. The second-order valence-corrected chi connectivity index (χ2v) is 8.17. The van der Waals surface area contributed by atoms with E-state index in [1.165, 1.54) is 16.8 Å². The van der Waals surface area contributed by atoms with Gasteiger partial charge >= 0.3 is 5.69 Å². The van der Waals surface area contributed by atoms with Gasteiger partial charge in [0, 0.05) is 19.0 Å². The zero-order valence-corrected chi connectivity index (χ0v) is 15.5. The van der Waals surface area contributed by atoms with Crippen LogP contribution in [0.4, 0.5) is 4.39 Å². The molecular weight excluding hydrogens is 371 g/mol. The fraction of sp³-hybridized carbons (Fsp3) is 0.526. The first kappa shape index (κ1) is 17.0. The summed E-state index contributed by atoms with van der Waals surface area (Å²) in [7, 11) is 0. The number of piperidine rings is 1. The van der Waals surface area contributed by atoms with Crippen LogP contribution >= 0.6 is 11.6 Å². The number of hydrogen-bond donors (Lipinski definition) is 0. The van der Waals surface area contributed by atoms with Gasteiger partial charge in [-0.2, -0.15) is 5.10 Å². The second-order valence-electron chi connectivity index (χ2n) is 7.77. The van der Waals surface area contributed by atoms with Crippen molar-refractivity contribution in [3.63, 3.8) is 0 Å². The van der Waals surface area contributed by atoms with Gasteiger partial charge in [0.2, 0.25) is 5.91 Å². The van der Waals surface area contributed by atoms with Crippen LogP contribution in [0.25, 0.3) is 0 Å². The highest BCUT2D eigenvalue weighted by Crippen LogP contribution is 2.45. The molecule has 3 atom stereocenters. The molecule has 1 amide bonds.